The second-order valence-electron chi connectivity index (χ2n) is 4.88. The molecule has 108 valence electrons. The van der Waals surface area contributed by atoms with E-state index < -0.39 is 5.97 Å². The monoisotopic (exact) mass is 277 g/mol. The lowest BCUT2D eigenvalue weighted by molar-refractivity contribution is 0.0696. The van der Waals surface area contributed by atoms with Crippen LogP contribution in [-0.2, 0) is 6.54 Å². The van der Waals surface area contributed by atoms with Crippen molar-refractivity contribution < 1.29 is 14.7 Å². The van der Waals surface area contributed by atoms with Crippen molar-refractivity contribution >= 4 is 12.0 Å². The summed E-state index contributed by atoms with van der Waals surface area (Å²) in [6.45, 7) is 3.57. The molecule has 0 bridgehead atoms. The highest BCUT2D eigenvalue weighted by Gasteiger charge is 2.19. The molecule has 0 radical (unpaired) electrons. The molecule has 1 aromatic rings. The molecule has 0 aromatic heterocycles. The van der Waals surface area contributed by atoms with E-state index >= 15 is 0 Å². The Bertz CT molecular complexity index is 481. The van der Waals surface area contributed by atoms with Crippen molar-refractivity contribution in [2.75, 3.05) is 33.2 Å². The molecule has 1 aliphatic heterocycles. The number of urea groups is 1. The Morgan fingerprint density at radius 1 is 1.25 bits per heavy atom. The van der Waals surface area contributed by atoms with Crippen LogP contribution in [0.1, 0.15) is 15.9 Å². The lowest BCUT2D eigenvalue weighted by Crippen LogP contribution is -2.50. The number of hydrogen-bond acceptors (Lipinski definition) is 3. The lowest BCUT2D eigenvalue weighted by atomic mass is 10.1. The molecule has 0 saturated carbocycles. The van der Waals surface area contributed by atoms with E-state index in [0.29, 0.717) is 6.54 Å². The molecule has 2 rings (SSSR count). The van der Waals surface area contributed by atoms with E-state index in [9.17, 15) is 9.59 Å². The standard InChI is InChI=1S/C14H19N3O3/c1-16(14(20)17-8-6-15-7-9-17)10-11-2-4-12(5-3-11)13(18)19/h2-5,15H,6-10H2,1H3,(H,18,19). The fourth-order valence-electron chi connectivity index (χ4n) is 2.19. The van der Waals surface area contributed by atoms with Gasteiger partial charge in [-0.15, -0.1) is 0 Å². The minimum absolute atomic E-state index is 0.00816. The summed E-state index contributed by atoms with van der Waals surface area (Å²) in [5.74, 6) is -0.943. The number of aromatic carboxylic acids is 1. The molecule has 0 spiro atoms. The molecule has 6 nitrogen and oxygen atoms in total. The second-order valence-corrected chi connectivity index (χ2v) is 4.88. The zero-order chi connectivity index (χ0) is 14.5. The number of piperazine rings is 1. The summed E-state index contributed by atoms with van der Waals surface area (Å²) in [5.41, 5.74) is 1.17. The molecule has 1 heterocycles. The minimum atomic E-state index is -0.943. The van der Waals surface area contributed by atoms with E-state index in [-0.39, 0.29) is 11.6 Å². The summed E-state index contributed by atoms with van der Waals surface area (Å²) in [6, 6.07) is 6.60. The highest BCUT2D eigenvalue weighted by molar-refractivity contribution is 5.87. The number of carbonyl (C=O) groups excluding carboxylic acids is 1. The summed E-state index contributed by atoms with van der Waals surface area (Å²) in [5, 5.41) is 12.0. The van der Waals surface area contributed by atoms with Gasteiger partial charge in [-0.1, -0.05) is 12.1 Å². The van der Waals surface area contributed by atoms with Gasteiger partial charge in [-0.2, -0.15) is 0 Å². The zero-order valence-electron chi connectivity index (χ0n) is 11.5. The first kappa shape index (κ1) is 14.3. The van der Waals surface area contributed by atoms with Gasteiger partial charge in [0.1, 0.15) is 0 Å². The Morgan fingerprint density at radius 3 is 2.40 bits per heavy atom. The molecule has 6 heteroatoms. The van der Waals surface area contributed by atoms with Crippen molar-refractivity contribution in [2.24, 2.45) is 0 Å². The van der Waals surface area contributed by atoms with Crippen molar-refractivity contribution in [3.05, 3.63) is 35.4 Å². The van der Waals surface area contributed by atoms with E-state index in [1.807, 2.05) is 4.90 Å². The quantitative estimate of drug-likeness (QED) is 0.859. The van der Waals surface area contributed by atoms with Crippen LogP contribution in [0, 0.1) is 0 Å². The largest absolute Gasteiger partial charge is 0.478 e. The number of nitrogens with one attached hydrogen (secondary N) is 1. The predicted octanol–water partition coefficient (Wildman–Crippen LogP) is 0.842. The molecule has 0 atom stereocenters. The minimum Gasteiger partial charge on any atom is -0.478 e. The van der Waals surface area contributed by atoms with E-state index in [0.717, 1.165) is 31.7 Å². The van der Waals surface area contributed by atoms with E-state index in [1.165, 1.54) is 0 Å². The number of benzene rings is 1. The first-order chi connectivity index (χ1) is 9.58. The van der Waals surface area contributed by atoms with Gasteiger partial charge in [0.15, 0.2) is 0 Å². The van der Waals surface area contributed by atoms with Crippen LogP contribution in [0.15, 0.2) is 24.3 Å². The second kappa shape index (κ2) is 6.38. The number of carboxylic acid groups (broad SMARTS) is 1. The summed E-state index contributed by atoms with van der Waals surface area (Å²) < 4.78 is 0. The number of hydrogen-bond donors (Lipinski definition) is 2. The predicted molar refractivity (Wildman–Crippen MR) is 74.7 cm³/mol. The molecule has 20 heavy (non-hydrogen) atoms. The van der Waals surface area contributed by atoms with Gasteiger partial charge in [0.25, 0.3) is 0 Å². The number of rotatable bonds is 3. The van der Waals surface area contributed by atoms with Crippen molar-refractivity contribution in [1.29, 1.82) is 0 Å². The SMILES string of the molecule is CN(Cc1ccc(C(=O)O)cc1)C(=O)N1CCNCC1. The summed E-state index contributed by atoms with van der Waals surface area (Å²) in [4.78, 5) is 26.5. The molecule has 0 unspecified atom stereocenters. The van der Waals surface area contributed by atoms with Crippen molar-refractivity contribution in [2.45, 2.75) is 6.54 Å². The highest BCUT2D eigenvalue weighted by Crippen LogP contribution is 2.09. The highest BCUT2D eigenvalue weighted by atomic mass is 16.4. The molecule has 1 aliphatic rings. The summed E-state index contributed by atoms with van der Waals surface area (Å²) in [6.07, 6.45) is 0. The third-order valence-corrected chi connectivity index (χ3v) is 3.33. The van der Waals surface area contributed by atoms with E-state index in [1.54, 1.807) is 36.2 Å². The molecular weight excluding hydrogens is 258 g/mol. The first-order valence-corrected chi connectivity index (χ1v) is 6.61. The Morgan fingerprint density at radius 2 is 1.85 bits per heavy atom. The smallest absolute Gasteiger partial charge is 0.335 e. The van der Waals surface area contributed by atoms with Gasteiger partial charge in [-0.3, -0.25) is 0 Å². The van der Waals surface area contributed by atoms with Gasteiger partial charge in [-0.05, 0) is 17.7 Å². The van der Waals surface area contributed by atoms with Crippen LogP contribution in [-0.4, -0.2) is 60.1 Å². The van der Waals surface area contributed by atoms with Gasteiger partial charge < -0.3 is 20.2 Å². The normalized spacial score (nSPS) is 14.9. The fraction of sp³-hybridized carbons (Fsp3) is 0.429. The Hall–Kier alpha value is -2.08. The Balaban J connectivity index is 1.94. The average Bonchev–Trinajstić information content (AvgIpc) is 2.48. The van der Waals surface area contributed by atoms with Crippen LogP contribution >= 0.6 is 0 Å². The molecule has 1 fully saturated rings. The van der Waals surface area contributed by atoms with E-state index in [2.05, 4.69) is 5.32 Å². The molecule has 1 aromatic carbocycles. The summed E-state index contributed by atoms with van der Waals surface area (Å²) in [7, 11) is 1.76. The lowest BCUT2D eigenvalue weighted by Gasteiger charge is -2.31. The Labute approximate surface area is 118 Å². The molecule has 1 saturated heterocycles. The van der Waals surface area contributed by atoms with Crippen molar-refractivity contribution in [3.8, 4) is 0 Å². The Kier molecular flexibility index (Phi) is 4.57. The third kappa shape index (κ3) is 3.48. The molecule has 0 aliphatic carbocycles. The van der Waals surface area contributed by atoms with E-state index in [4.69, 9.17) is 5.11 Å². The van der Waals surface area contributed by atoms with Crippen LogP contribution < -0.4 is 5.32 Å². The molecule has 2 N–H and O–H groups in total. The van der Waals surface area contributed by atoms with Crippen LogP contribution in [0.3, 0.4) is 0 Å². The average molecular weight is 277 g/mol. The maximum absolute atomic E-state index is 12.2. The fourth-order valence-corrected chi connectivity index (χ4v) is 2.19. The number of amides is 2. The van der Waals surface area contributed by atoms with Crippen LogP contribution in [0.5, 0.6) is 0 Å². The van der Waals surface area contributed by atoms with Gasteiger partial charge in [0.05, 0.1) is 5.56 Å². The first-order valence-electron chi connectivity index (χ1n) is 6.61. The molecular formula is C14H19N3O3. The maximum Gasteiger partial charge on any atom is 0.335 e. The van der Waals surface area contributed by atoms with Crippen molar-refractivity contribution in [1.82, 2.24) is 15.1 Å². The zero-order valence-corrected chi connectivity index (χ0v) is 11.5. The van der Waals surface area contributed by atoms with Crippen molar-refractivity contribution in [3.63, 3.8) is 0 Å². The maximum atomic E-state index is 12.2. The topological polar surface area (TPSA) is 72.9 Å². The van der Waals surface area contributed by atoms with Gasteiger partial charge in [0.2, 0.25) is 0 Å². The number of carboxylic acids is 1. The third-order valence-electron chi connectivity index (χ3n) is 3.33. The van der Waals surface area contributed by atoms with Gasteiger partial charge in [0, 0.05) is 39.8 Å². The number of carbonyl (C=O) groups is 2. The van der Waals surface area contributed by atoms with Crippen LogP contribution in [0.2, 0.25) is 0 Å². The summed E-state index contributed by atoms with van der Waals surface area (Å²) >= 11 is 0. The van der Waals surface area contributed by atoms with Crippen LogP contribution in [0.25, 0.3) is 0 Å². The molecule has 2 amide bonds. The van der Waals surface area contributed by atoms with Gasteiger partial charge in [-0.25, -0.2) is 9.59 Å². The van der Waals surface area contributed by atoms with Crippen LogP contribution in [0.4, 0.5) is 4.79 Å². The van der Waals surface area contributed by atoms with Gasteiger partial charge >= 0.3 is 12.0 Å². The number of nitrogens with zero attached hydrogens (tertiary/aromatic N) is 2.